The lowest BCUT2D eigenvalue weighted by Gasteiger charge is -2.22. The highest BCUT2D eigenvalue weighted by Crippen LogP contribution is 2.30. The number of halogens is 3. The maximum absolute atomic E-state index is 12.4. The molecule has 0 unspecified atom stereocenters. The molecule has 0 saturated carbocycles. The Balaban J connectivity index is 2.11. The number of rotatable bonds is 1. The lowest BCUT2D eigenvalue weighted by Crippen LogP contribution is -2.27. The van der Waals surface area contributed by atoms with Gasteiger partial charge in [0.15, 0.2) is 0 Å². The van der Waals surface area contributed by atoms with Gasteiger partial charge in [0, 0.05) is 25.3 Å². The van der Waals surface area contributed by atoms with Crippen molar-refractivity contribution in [3.05, 3.63) is 29.8 Å². The molecule has 1 heterocycles. The molecule has 94 valence electrons. The van der Waals surface area contributed by atoms with Gasteiger partial charge in [0.1, 0.15) is 0 Å². The Hall–Kier alpha value is -1.23. The zero-order valence-corrected chi connectivity index (χ0v) is 9.43. The molecule has 0 radical (unpaired) electrons. The van der Waals surface area contributed by atoms with Crippen LogP contribution in [0.15, 0.2) is 24.3 Å². The second-order valence-electron chi connectivity index (χ2n) is 4.14. The first-order valence-corrected chi connectivity index (χ1v) is 5.70. The minimum Gasteiger partial charge on any atom is -0.370 e. The van der Waals surface area contributed by atoms with E-state index in [0.29, 0.717) is 0 Å². The average molecular weight is 244 g/mol. The molecule has 2 rings (SSSR count). The van der Waals surface area contributed by atoms with Crippen LogP contribution in [0.25, 0.3) is 0 Å². The highest BCUT2D eigenvalue weighted by atomic mass is 19.4. The van der Waals surface area contributed by atoms with Gasteiger partial charge < -0.3 is 10.2 Å². The molecule has 1 fully saturated rings. The highest BCUT2D eigenvalue weighted by Gasteiger charge is 2.30. The molecule has 0 amide bonds. The first-order valence-electron chi connectivity index (χ1n) is 5.70. The summed E-state index contributed by atoms with van der Waals surface area (Å²) in [6.45, 7) is 3.57. The fourth-order valence-corrected chi connectivity index (χ4v) is 1.97. The van der Waals surface area contributed by atoms with Gasteiger partial charge in [-0.25, -0.2) is 0 Å². The van der Waals surface area contributed by atoms with E-state index in [1.165, 1.54) is 0 Å². The summed E-state index contributed by atoms with van der Waals surface area (Å²) in [7, 11) is 0. The SMILES string of the molecule is FC(F)(F)c1ccc(N2CCCNCC2)cc1. The van der Waals surface area contributed by atoms with Crippen molar-refractivity contribution in [3.63, 3.8) is 0 Å². The Labute approximate surface area is 98.4 Å². The molecule has 1 aromatic rings. The Morgan fingerprint density at radius 2 is 1.71 bits per heavy atom. The summed E-state index contributed by atoms with van der Waals surface area (Å²) in [4.78, 5) is 2.11. The molecule has 1 aliphatic rings. The van der Waals surface area contributed by atoms with Crippen LogP contribution in [0.1, 0.15) is 12.0 Å². The van der Waals surface area contributed by atoms with E-state index >= 15 is 0 Å². The zero-order valence-electron chi connectivity index (χ0n) is 9.43. The van der Waals surface area contributed by atoms with Gasteiger partial charge in [0.2, 0.25) is 0 Å². The monoisotopic (exact) mass is 244 g/mol. The van der Waals surface area contributed by atoms with Crippen LogP contribution in [-0.2, 0) is 6.18 Å². The molecule has 0 aliphatic carbocycles. The van der Waals surface area contributed by atoms with Gasteiger partial charge in [0.25, 0.3) is 0 Å². The minimum absolute atomic E-state index is 0.589. The fraction of sp³-hybridized carbons (Fsp3) is 0.500. The summed E-state index contributed by atoms with van der Waals surface area (Å²) in [5, 5.41) is 3.26. The third kappa shape index (κ3) is 3.12. The molecule has 2 nitrogen and oxygen atoms in total. The second-order valence-corrected chi connectivity index (χ2v) is 4.14. The molecule has 0 spiro atoms. The molecule has 1 saturated heterocycles. The molecule has 17 heavy (non-hydrogen) atoms. The number of benzene rings is 1. The molecular weight excluding hydrogens is 229 g/mol. The van der Waals surface area contributed by atoms with Crippen LogP contribution < -0.4 is 10.2 Å². The van der Waals surface area contributed by atoms with Gasteiger partial charge in [-0.2, -0.15) is 13.2 Å². The van der Waals surface area contributed by atoms with Crippen molar-refractivity contribution in [1.82, 2.24) is 5.32 Å². The predicted molar refractivity (Wildman–Crippen MR) is 61.1 cm³/mol. The van der Waals surface area contributed by atoms with E-state index in [2.05, 4.69) is 10.2 Å². The smallest absolute Gasteiger partial charge is 0.370 e. The number of nitrogens with one attached hydrogen (secondary N) is 1. The third-order valence-corrected chi connectivity index (χ3v) is 2.90. The second kappa shape index (κ2) is 4.96. The number of nitrogens with zero attached hydrogens (tertiary/aromatic N) is 1. The maximum Gasteiger partial charge on any atom is 0.416 e. The van der Waals surface area contributed by atoms with Gasteiger partial charge in [0.05, 0.1) is 5.56 Å². The van der Waals surface area contributed by atoms with Gasteiger partial charge in [-0.15, -0.1) is 0 Å². The molecular formula is C12H15F3N2. The largest absolute Gasteiger partial charge is 0.416 e. The van der Waals surface area contributed by atoms with Gasteiger partial charge >= 0.3 is 6.18 Å². The van der Waals surface area contributed by atoms with E-state index in [4.69, 9.17) is 0 Å². The number of alkyl halides is 3. The molecule has 5 heteroatoms. The highest BCUT2D eigenvalue weighted by molar-refractivity contribution is 5.48. The Morgan fingerprint density at radius 1 is 1.00 bits per heavy atom. The predicted octanol–water partition coefficient (Wildman–Crippen LogP) is 2.51. The maximum atomic E-state index is 12.4. The van der Waals surface area contributed by atoms with E-state index in [1.807, 2.05) is 0 Å². The molecule has 1 aliphatic heterocycles. The fourth-order valence-electron chi connectivity index (χ4n) is 1.97. The van der Waals surface area contributed by atoms with E-state index in [0.717, 1.165) is 50.4 Å². The number of hydrogen-bond donors (Lipinski definition) is 1. The summed E-state index contributed by atoms with van der Waals surface area (Å²) < 4.78 is 37.2. The van der Waals surface area contributed by atoms with Crippen LogP contribution in [0.5, 0.6) is 0 Å². The van der Waals surface area contributed by atoms with Crippen LogP contribution in [0.2, 0.25) is 0 Å². The van der Waals surface area contributed by atoms with Crippen molar-refractivity contribution in [1.29, 1.82) is 0 Å². The molecule has 1 aromatic carbocycles. The van der Waals surface area contributed by atoms with Crippen molar-refractivity contribution >= 4 is 5.69 Å². The van der Waals surface area contributed by atoms with Crippen molar-refractivity contribution < 1.29 is 13.2 Å². The van der Waals surface area contributed by atoms with E-state index in [-0.39, 0.29) is 0 Å². The molecule has 0 bridgehead atoms. The van der Waals surface area contributed by atoms with E-state index < -0.39 is 11.7 Å². The van der Waals surface area contributed by atoms with Gasteiger partial charge in [-0.05, 0) is 37.2 Å². The zero-order chi connectivity index (χ0) is 12.3. The van der Waals surface area contributed by atoms with E-state index in [1.54, 1.807) is 12.1 Å². The number of hydrogen-bond acceptors (Lipinski definition) is 2. The van der Waals surface area contributed by atoms with Crippen molar-refractivity contribution in [2.24, 2.45) is 0 Å². The summed E-state index contributed by atoms with van der Waals surface area (Å²) >= 11 is 0. The van der Waals surface area contributed by atoms with Crippen LogP contribution in [0, 0.1) is 0 Å². The van der Waals surface area contributed by atoms with Crippen molar-refractivity contribution in [2.45, 2.75) is 12.6 Å². The quantitative estimate of drug-likeness (QED) is 0.816. The Kier molecular flexibility index (Phi) is 3.57. The summed E-state index contributed by atoms with van der Waals surface area (Å²) in [5.74, 6) is 0. The lowest BCUT2D eigenvalue weighted by molar-refractivity contribution is -0.137. The van der Waals surface area contributed by atoms with Gasteiger partial charge in [-0.1, -0.05) is 0 Å². The molecule has 0 atom stereocenters. The summed E-state index contributed by atoms with van der Waals surface area (Å²) in [6, 6.07) is 5.39. The normalized spacial score (nSPS) is 17.9. The first-order chi connectivity index (χ1) is 8.07. The lowest BCUT2D eigenvalue weighted by atomic mass is 10.2. The van der Waals surface area contributed by atoms with E-state index in [9.17, 15) is 13.2 Å². The van der Waals surface area contributed by atoms with Crippen LogP contribution >= 0.6 is 0 Å². The third-order valence-electron chi connectivity index (χ3n) is 2.90. The molecule has 0 aromatic heterocycles. The van der Waals surface area contributed by atoms with Crippen LogP contribution in [-0.4, -0.2) is 26.2 Å². The van der Waals surface area contributed by atoms with Crippen molar-refractivity contribution in [3.8, 4) is 0 Å². The minimum atomic E-state index is -4.25. The summed E-state index contributed by atoms with van der Waals surface area (Å²) in [5.41, 5.74) is 0.274. The standard InChI is InChI=1S/C12H15F3N2/c13-12(14,15)10-2-4-11(5-3-10)17-8-1-6-16-7-9-17/h2-5,16H,1,6-9H2. The number of anilines is 1. The first kappa shape index (κ1) is 12.2. The average Bonchev–Trinajstić information content (AvgIpc) is 2.56. The molecule has 1 N–H and O–H groups in total. The van der Waals surface area contributed by atoms with Crippen molar-refractivity contribution in [2.75, 3.05) is 31.1 Å². The van der Waals surface area contributed by atoms with Crippen LogP contribution in [0.4, 0.5) is 18.9 Å². The summed E-state index contributed by atoms with van der Waals surface area (Å²) in [6.07, 6.45) is -3.24. The Morgan fingerprint density at radius 3 is 2.35 bits per heavy atom. The topological polar surface area (TPSA) is 15.3 Å². The van der Waals surface area contributed by atoms with Gasteiger partial charge in [-0.3, -0.25) is 0 Å². The Bertz CT molecular complexity index is 351. The van der Waals surface area contributed by atoms with Crippen LogP contribution in [0.3, 0.4) is 0 Å².